The molecular weight excluding hydrogens is 286 g/mol. The molecule has 23 heavy (non-hydrogen) atoms. The third kappa shape index (κ3) is 5.61. The van der Waals surface area contributed by atoms with E-state index in [1.165, 1.54) is 32.1 Å². The van der Waals surface area contributed by atoms with Crippen molar-refractivity contribution in [2.24, 2.45) is 17.8 Å². The van der Waals surface area contributed by atoms with Gasteiger partial charge in [0.25, 0.3) is 0 Å². The van der Waals surface area contributed by atoms with Gasteiger partial charge in [-0.05, 0) is 50.4 Å². The van der Waals surface area contributed by atoms with E-state index < -0.39 is 0 Å². The fraction of sp³-hybridized carbons (Fsp3) is 0.900. The molecule has 0 spiro atoms. The second-order valence-electron chi connectivity index (χ2n) is 7.80. The van der Waals surface area contributed by atoms with Gasteiger partial charge in [-0.3, -0.25) is 9.59 Å². The molecule has 0 radical (unpaired) electrons. The predicted molar refractivity (Wildman–Crippen MR) is 94.2 cm³/mol. The fourth-order valence-electron chi connectivity index (χ4n) is 4.60. The summed E-state index contributed by atoms with van der Waals surface area (Å²) < 4.78 is 0. The quantitative estimate of drug-likeness (QED) is 0.613. The second-order valence-corrected chi connectivity index (χ2v) is 7.80. The number of rotatable bonds is 8. The minimum absolute atomic E-state index is 0.224. The Bertz CT molecular complexity index is 393. The Kier molecular flexibility index (Phi) is 7.58. The van der Waals surface area contributed by atoms with Crippen molar-refractivity contribution >= 4 is 11.7 Å². The van der Waals surface area contributed by atoms with E-state index >= 15 is 0 Å². The van der Waals surface area contributed by atoms with Crippen molar-refractivity contribution in [3.63, 3.8) is 0 Å². The highest BCUT2D eigenvalue weighted by molar-refractivity contribution is 5.81. The van der Waals surface area contributed by atoms with Gasteiger partial charge in [-0.15, -0.1) is 0 Å². The Morgan fingerprint density at radius 3 is 2.39 bits per heavy atom. The molecule has 2 saturated carbocycles. The summed E-state index contributed by atoms with van der Waals surface area (Å²) in [4.78, 5) is 26.1. The van der Waals surface area contributed by atoms with E-state index in [0.29, 0.717) is 24.5 Å². The lowest BCUT2D eigenvalue weighted by atomic mass is 9.66. The van der Waals surface area contributed by atoms with Crippen LogP contribution in [0.2, 0.25) is 0 Å². The molecule has 2 aliphatic rings. The zero-order valence-electron chi connectivity index (χ0n) is 15.2. The molecule has 0 bridgehead atoms. The minimum Gasteiger partial charge on any atom is -0.346 e. The van der Waals surface area contributed by atoms with E-state index in [9.17, 15) is 9.59 Å². The molecule has 0 aromatic carbocycles. The van der Waals surface area contributed by atoms with Crippen LogP contribution in [0.15, 0.2) is 0 Å². The van der Waals surface area contributed by atoms with E-state index in [0.717, 1.165) is 50.5 Å². The molecule has 0 heterocycles. The molecule has 3 heteroatoms. The average Bonchev–Trinajstić information content (AvgIpc) is 2.58. The lowest BCUT2D eigenvalue weighted by Crippen LogP contribution is -2.31. The molecule has 2 rings (SSSR count). The Labute approximate surface area is 142 Å². The maximum absolute atomic E-state index is 12.5. The Morgan fingerprint density at radius 1 is 0.957 bits per heavy atom. The van der Waals surface area contributed by atoms with Crippen molar-refractivity contribution in [1.29, 1.82) is 0 Å². The lowest BCUT2D eigenvalue weighted by Gasteiger charge is -2.38. The summed E-state index contributed by atoms with van der Waals surface area (Å²) in [6.45, 7) is 2.92. The van der Waals surface area contributed by atoms with Gasteiger partial charge in [0.15, 0.2) is 0 Å². The Balaban J connectivity index is 1.62. The number of hydrogen-bond acceptors (Lipinski definition) is 2. The van der Waals surface area contributed by atoms with Crippen LogP contribution in [-0.4, -0.2) is 30.2 Å². The van der Waals surface area contributed by atoms with Gasteiger partial charge in [0.2, 0.25) is 5.91 Å². The number of unbranched alkanes of at least 4 members (excludes halogenated alkanes) is 1. The normalized spacial score (nSPS) is 27.3. The van der Waals surface area contributed by atoms with Gasteiger partial charge in [-0.1, -0.05) is 32.6 Å². The second kappa shape index (κ2) is 9.44. The van der Waals surface area contributed by atoms with Crippen LogP contribution in [0, 0.1) is 17.8 Å². The monoisotopic (exact) mass is 321 g/mol. The molecule has 2 aliphatic carbocycles. The highest BCUT2D eigenvalue weighted by atomic mass is 16.2. The first-order valence-electron chi connectivity index (χ1n) is 9.88. The fourth-order valence-corrected chi connectivity index (χ4v) is 4.60. The number of carbonyl (C=O) groups excluding carboxylic acids is 2. The number of hydrogen-bond donors (Lipinski definition) is 0. The van der Waals surface area contributed by atoms with E-state index in [4.69, 9.17) is 0 Å². The van der Waals surface area contributed by atoms with Gasteiger partial charge in [0.1, 0.15) is 5.78 Å². The summed E-state index contributed by atoms with van der Waals surface area (Å²) in [7, 11) is 1.87. The number of fused-ring (bicyclic) bond motifs is 1. The first-order chi connectivity index (χ1) is 11.1. The predicted octanol–water partition coefficient (Wildman–Crippen LogP) is 4.59. The van der Waals surface area contributed by atoms with Crippen LogP contribution in [0.1, 0.15) is 84.0 Å². The third-order valence-electron chi connectivity index (χ3n) is 6.04. The van der Waals surface area contributed by atoms with Gasteiger partial charge in [0, 0.05) is 32.4 Å². The SMILES string of the molecule is CCCN(C)C(=O)CCCCC(=O)C1CCC2CCCCC2C1. The van der Waals surface area contributed by atoms with Gasteiger partial charge in [-0.25, -0.2) is 0 Å². The first-order valence-corrected chi connectivity index (χ1v) is 9.88. The van der Waals surface area contributed by atoms with E-state index in [-0.39, 0.29) is 5.91 Å². The van der Waals surface area contributed by atoms with Crippen LogP contribution in [0.25, 0.3) is 0 Å². The molecular formula is C20H35NO2. The number of carbonyl (C=O) groups is 2. The van der Waals surface area contributed by atoms with Gasteiger partial charge in [0.05, 0.1) is 0 Å². The van der Waals surface area contributed by atoms with Gasteiger partial charge >= 0.3 is 0 Å². The number of ketones is 1. The lowest BCUT2D eigenvalue weighted by molar-refractivity contribution is -0.130. The first kappa shape index (κ1) is 18.5. The van der Waals surface area contributed by atoms with Crippen LogP contribution in [-0.2, 0) is 9.59 Å². The standard InChI is InChI=1S/C20H35NO2/c1-3-14-21(2)20(23)11-7-6-10-19(22)18-13-12-16-8-4-5-9-17(16)15-18/h16-18H,3-15H2,1-2H3. The summed E-state index contributed by atoms with van der Waals surface area (Å²) in [5.41, 5.74) is 0. The molecule has 1 amide bonds. The highest BCUT2D eigenvalue weighted by Crippen LogP contribution is 2.43. The van der Waals surface area contributed by atoms with Crippen molar-refractivity contribution < 1.29 is 9.59 Å². The summed E-state index contributed by atoms with van der Waals surface area (Å²) >= 11 is 0. The largest absolute Gasteiger partial charge is 0.346 e. The van der Waals surface area contributed by atoms with E-state index in [2.05, 4.69) is 6.92 Å². The smallest absolute Gasteiger partial charge is 0.222 e. The topological polar surface area (TPSA) is 37.4 Å². The summed E-state index contributed by atoms with van der Waals surface area (Å²) in [6, 6.07) is 0. The minimum atomic E-state index is 0.224. The summed E-state index contributed by atoms with van der Waals surface area (Å²) in [5.74, 6) is 2.77. The highest BCUT2D eigenvalue weighted by Gasteiger charge is 2.34. The van der Waals surface area contributed by atoms with Crippen LogP contribution >= 0.6 is 0 Å². The van der Waals surface area contributed by atoms with Crippen molar-refractivity contribution in [3.8, 4) is 0 Å². The third-order valence-corrected chi connectivity index (χ3v) is 6.04. The van der Waals surface area contributed by atoms with Gasteiger partial charge < -0.3 is 4.90 Å². The number of amides is 1. The molecule has 132 valence electrons. The van der Waals surface area contributed by atoms with Crippen molar-refractivity contribution in [2.75, 3.05) is 13.6 Å². The Hall–Kier alpha value is -0.860. The summed E-state index contributed by atoms with van der Waals surface area (Å²) in [6.07, 6.45) is 13.1. The molecule has 0 aromatic rings. The van der Waals surface area contributed by atoms with Crippen LogP contribution in [0.3, 0.4) is 0 Å². The molecule has 3 atom stereocenters. The number of nitrogens with zero attached hydrogens (tertiary/aromatic N) is 1. The Morgan fingerprint density at radius 2 is 1.65 bits per heavy atom. The maximum atomic E-state index is 12.5. The average molecular weight is 322 g/mol. The molecule has 0 saturated heterocycles. The van der Waals surface area contributed by atoms with E-state index in [1.807, 2.05) is 11.9 Å². The molecule has 3 nitrogen and oxygen atoms in total. The van der Waals surface area contributed by atoms with Crippen molar-refractivity contribution in [1.82, 2.24) is 4.90 Å². The van der Waals surface area contributed by atoms with Crippen molar-refractivity contribution in [2.45, 2.75) is 84.0 Å². The van der Waals surface area contributed by atoms with Gasteiger partial charge in [-0.2, -0.15) is 0 Å². The van der Waals surface area contributed by atoms with Crippen LogP contribution < -0.4 is 0 Å². The molecule has 3 unspecified atom stereocenters. The maximum Gasteiger partial charge on any atom is 0.222 e. The molecule has 0 N–H and O–H groups in total. The zero-order valence-corrected chi connectivity index (χ0v) is 15.2. The molecule has 0 aliphatic heterocycles. The zero-order chi connectivity index (χ0) is 16.7. The van der Waals surface area contributed by atoms with Crippen molar-refractivity contribution in [3.05, 3.63) is 0 Å². The molecule has 2 fully saturated rings. The van der Waals surface area contributed by atoms with E-state index in [1.54, 1.807) is 0 Å². The van der Waals surface area contributed by atoms with Crippen LogP contribution in [0.4, 0.5) is 0 Å². The summed E-state index contributed by atoms with van der Waals surface area (Å²) in [5, 5.41) is 0. The molecule has 0 aromatic heterocycles. The number of Topliss-reactive ketones (excluding diaryl/α,β-unsaturated/α-hetero) is 1. The van der Waals surface area contributed by atoms with Crippen LogP contribution in [0.5, 0.6) is 0 Å².